The molecule has 0 atom stereocenters. The predicted molar refractivity (Wildman–Crippen MR) is 134 cm³/mol. The van der Waals surface area contributed by atoms with Crippen molar-refractivity contribution in [2.45, 2.75) is 19.7 Å². The van der Waals surface area contributed by atoms with Crippen LogP contribution in [0.4, 0.5) is 0 Å². The van der Waals surface area contributed by atoms with E-state index in [9.17, 15) is 14.4 Å². The van der Waals surface area contributed by atoms with Crippen LogP contribution in [0.1, 0.15) is 26.6 Å². The molecule has 8 nitrogen and oxygen atoms in total. The summed E-state index contributed by atoms with van der Waals surface area (Å²) in [7, 11) is 1.59. The first-order valence-electron chi connectivity index (χ1n) is 11.0. The van der Waals surface area contributed by atoms with Crippen molar-refractivity contribution >= 4 is 27.5 Å². The molecule has 35 heavy (non-hydrogen) atoms. The van der Waals surface area contributed by atoms with Gasteiger partial charge in [-0.15, -0.1) is 11.3 Å². The summed E-state index contributed by atoms with van der Waals surface area (Å²) < 4.78 is 9.85. The van der Waals surface area contributed by atoms with E-state index in [-0.39, 0.29) is 18.0 Å². The summed E-state index contributed by atoms with van der Waals surface area (Å²) in [6.45, 7) is 0.718. The van der Waals surface area contributed by atoms with Gasteiger partial charge in [0.25, 0.3) is 5.56 Å². The van der Waals surface area contributed by atoms with Crippen molar-refractivity contribution in [3.05, 3.63) is 122 Å². The van der Waals surface area contributed by atoms with Gasteiger partial charge in [-0.1, -0.05) is 60.7 Å². The zero-order valence-corrected chi connectivity index (χ0v) is 19.8. The molecule has 176 valence electrons. The number of carbonyl (C=O) groups excluding carboxylic acids is 1. The largest absolute Gasteiger partial charge is 0.457 e. The lowest BCUT2D eigenvalue weighted by atomic mass is 10.2. The number of hydrogen-bond donors (Lipinski definition) is 0. The average molecular weight is 487 g/mol. The van der Waals surface area contributed by atoms with Gasteiger partial charge in [0, 0.05) is 26.0 Å². The van der Waals surface area contributed by atoms with Crippen LogP contribution >= 0.6 is 11.3 Å². The first-order valence-corrected chi connectivity index (χ1v) is 11.8. The molecule has 0 aliphatic carbocycles. The number of benzene rings is 2. The van der Waals surface area contributed by atoms with Crippen LogP contribution in [0, 0.1) is 0 Å². The van der Waals surface area contributed by atoms with Crippen molar-refractivity contribution in [1.29, 1.82) is 0 Å². The second-order valence-electron chi connectivity index (χ2n) is 8.08. The van der Waals surface area contributed by atoms with E-state index in [1.54, 1.807) is 13.2 Å². The summed E-state index contributed by atoms with van der Waals surface area (Å²) in [5.74, 6) is 0.0528. The summed E-state index contributed by atoms with van der Waals surface area (Å²) >= 11 is 1.07. The first kappa shape index (κ1) is 22.5. The summed E-state index contributed by atoms with van der Waals surface area (Å²) in [5.41, 5.74) is 1.01. The molecule has 0 aliphatic heterocycles. The molecule has 0 spiro atoms. The predicted octanol–water partition coefficient (Wildman–Crippen LogP) is 3.41. The Bertz CT molecular complexity index is 1610. The molecule has 2 aromatic carbocycles. The second-order valence-corrected chi connectivity index (χ2v) is 9.11. The number of imidazole rings is 1. The summed E-state index contributed by atoms with van der Waals surface area (Å²) in [5, 5.41) is 0.296. The molecule has 0 fully saturated rings. The average Bonchev–Trinajstić information content (AvgIpc) is 3.53. The molecule has 0 unspecified atom stereocenters. The molecule has 5 aromatic rings. The van der Waals surface area contributed by atoms with Gasteiger partial charge in [-0.25, -0.2) is 14.6 Å². The third-order valence-corrected chi connectivity index (χ3v) is 6.91. The lowest BCUT2D eigenvalue weighted by Gasteiger charge is -2.11. The number of ether oxygens (including phenoxy) is 1. The lowest BCUT2D eigenvalue weighted by Crippen LogP contribution is -2.39. The lowest BCUT2D eigenvalue weighted by molar-refractivity contribution is 0.0478. The van der Waals surface area contributed by atoms with E-state index in [4.69, 9.17) is 4.74 Å². The maximum Gasteiger partial charge on any atom is 0.348 e. The van der Waals surface area contributed by atoms with Gasteiger partial charge in [0.1, 0.15) is 22.1 Å². The number of aryl methyl sites for hydroxylation is 1. The van der Waals surface area contributed by atoms with Crippen LogP contribution in [0.5, 0.6) is 0 Å². The number of hydrogen-bond acceptors (Lipinski definition) is 6. The molecule has 0 aliphatic rings. The van der Waals surface area contributed by atoms with Gasteiger partial charge in [0.2, 0.25) is 0 Å². The number of fused-ring (bicyclic) bond motifs is 1. The highest BCUT2D eigenvalue weighted by atomic mass is 32.1. The molecular formula is C26H22N4O4S. The fraction of sp³-hybridized carbons (Fsp3) is 0.154. The van der Waals surface area contributed by atoms with Crippen LogP contribution in [-0.4, -0.2) is 24.7 Å². The fourth-order valence-electron chi connectivity index (χ4n) is 3.88. The van der Waals surface area contributed by atoms with Crippen LogP contribution in [-0.2, 0) is 31.5 Å². The van der Waals surface area contributed by atoms with Crippen molar-refractivity contribution in [2.24, 2.45) is 7.05 Å². The van der Waals surface area contributed by atoms with Crippen molar-refractivity contribution in [1.82, 2.24) is 18.7 Å². The normalized spacial score (nSPS) is 11.1. The number of rotatable bonds is 7. The molecule has 0 saturated heterocycles. The highest BCUT2D eigenvalue weighted by Crippen LogP contribution is 2.23. The Labute approximate surface area is 204 Å². The number of aromatic nitrogens is 4. The van der Waals surface area contributed by atoms with E-state index in [0.717, 1.165) is 27.0 Å². The minimum absolute atomic E-state index is 0.0188. The Hall–Kier alpha value is -4.24. The van der Waals surface area contributed by atoms with Gasteiger partial charge in [-0.2, -0.15) is 0 Å². The van der Waals surface area contributed by atoms with Crippen molar-refractivity contribution in [3.63, 3.8) is 0 Å². The number of esters is 1. The van der Waals surface area contributed by atoms with Crippen molar-refractivity contribution in [2.75, 3.05) is 0 Å². The van der Waals surface area contributed by atoms with Crippen LogP contribution < -0.4 is 11.2 Å². The Balaban J connectivity index is 1.44. The number of nitrogens with zero attached hydrogens (tertiary/aromatic N) is 4. The molecule has 0 bridgehead atoms. The van der Waals surface area contributed by atoms with E-state index < -0.39 is 17.2 Å². The molecule has 0 amide bonds. The molecule has 3 heterocycles. The molecule has 0 radical (unpaired) electrons. The molecule has 5 rings (SSSR count). The maximum absolute atomic E-state index is 13.3. The summed E-state index contributed by atoms with van der Waals surface area (Å²) in [4.78, 5) is 44.0. The minimum Gasteiger partial charge on any atom is -0.457 e. The third kappa shape index (κ3) is 4.58. The number of thiophene rings is 1. The zero-order valence-electron chi connectivity index (χ0n) is 19.0. The second kappa shape index (κ2) is 9.55. The quantitative estimate of drug-likeness (QED) is 0.329. The van der Waals surface area contributed by atoms with Crippen LogP contribution in [0.3, 0.4) is 0 Å². The van der Waals surface area contributed by atoms with Crippen LogP contribution in [0.2, 0.25) is 0 Å². The fourth-order valence-corrected chi connectivity index (χ4v) is 4.87. The van der Waals surface area contributed by atoms with Crippen LogP contribution in [0.15, 0.2) is 88.7 Å². The van der Waals surface area contributed by atoms with Crippen LogP contribution in [0.25, 0.3) is 10.2 Å². The first-order chi connectivity index (χ1) is 17.0. The monoisotopic (exact) mass is 486 g/mol. The van der Waals surface area contributed by atoms with Gasteiger partial charge in [-0.3, -0.25) is 13.9 Å². The van der Waals surface area contributed by atoms with E-state index in [1.807, 2.05) is 71.4 Å². The van der Waals surface area contributed by atoms with E-state index >= 15 is 0 Å². The molecular weight excluding hydrogens is 464 g/mol. The standard InChI is InChI=1S/C26H22N4O4S/c1-28-24-20(14-21(35-24)25(32)34-17-19-10-6-3-7-11-19)23(31)30(26(28)33)16-22-27-12-13-29(22)15-18-8-4-2-5-9-18/h2-14H,15-17H2,1H3. The Morgan fingerprint density at radius 3 is 2.37 bits per heavy atom. The smallest absolute Gasteiger partial charge is 0.348 e. The van der Waals surface area contributed by atoms with Crippen molar-refractivity contribution in [3.8, 4) is 0 Å². The SMILES string of the molecule is Cn1c(=O)n(Cc2nccn2Cc2ccccc2)c(=O)c2cc(C(=O)OCc3ccccc3)sc21. The van der Waals surface area contributed by atoms with Gasteiger partial charge in [0.05, 0.1) is 11.9 Å². The van der Waals surface area contributed by atoms with E-state index in [0.29, 0.717) is 22.6 Å². The zero-order chi connectivity index (χ0) is 24.4. The Kier molecular flexibility index (Phi) is 6.15. The van der Waals surface area contributed by atoms with E-state index in [2.05, 4.69) is 4.98 Å². The molecule has 0 N–H and O–H groups in total. The van der Waals surface area contributed by atoms with Gasteiger partial charge in [-0.05, 0) is 17.2 Å². The highest BCUT2D eigenvalue weighted by Gasteiger charge is 2.19. The molecule has 3 aromatic heterocycles. The Morgan fingerprint density at radius 2 is 1.66 bits per heavy atom. The summed E-state index contributed by atoms with van der Waals surface area (Å²) in [6, 6.07) is 20.7. The van der Waals surface area contributed by atoms with Gasteiger partial charge < -0.3 is 9.30 Å². The van der Waals surface area contributed by atoms with Gasteiger partial charge in [0.15, 0.2) is 0 Å². The third-order valence-electron chi connectivity index (χ3n) is 5.72. The van der Waals surface area contributed by atoms with Crippen molar-refractivity contribution < 1.29 is 9.53 Å². The molecule has 0 saturated carbocycles. The summed E-state index contributed by atoms with van der Waals surface area (Å²) in [6.07, 6.45) is 3.47. The maximum atomic E-state index is 13.3. The van der Waals surface area contributed by atoms with E-state index in [1.165, 1.54) is 10.6 Å². The Morgan fingerprint density at radius 1 is 0.971 bits per heavy atom. The topological polar surface area (TPSA) is 88.1 Å². The minimum atomic E-state index is -0.535. The highest BCUT2D eigenvalue weighted by molar-refractivity contribution is 7.20. The van der Waals surface area contributed by atoms with Gasteiger partial charge >= 0.3 is 11.7 Å². The molecule has 9 heteroatoms. The number of carbonyl (C=O) groups is 1.